The molecule has 0 saturated carbocycles. The number of fused-ring (bicyclic) bond motifs is 1. The quantitative estimate of drug-likeness (QED) is 0.708. The summed E-state index contributed by atoms with van der Waals surface area (Å²) >= 11 is 0. The number of ether oxygens (including phenoxy) is 2. The Labute approximate surface area is 146 Å². The van der Waals surface area contributed by atoms with Crippen LogP contribution in [0, 0.1) is 0 Å². The van der Waals surface area contributed by atoms with Gasteiger partial charge in [0.2, 0.25) is 5.95 Å². The first kappa shape index (κ1) is 16.8. The molecule has 0 atom stereocenters. The zero-order valence-corrected chi connectivity index (χ0v) is 14.8. The molecule has 1 aromatic carbocycles. The molecule has 0 bridgehead atoms. The Morgan fingerprint density at radius 1 is 1.16 bits per heavy atom. The number of anilines is 2. The molecule has 0 aliphatic heterocycles. The van der Waals surface area contributed by atoms with Gasteiger partial charge in [-0.1, -0.05) is 6.92 Å². The lowest BCUT2D eigenvalue weighted by Crippen LogP contribution is -2.07. The molecule has 0 fully saturated rings. The lowest BCUT2D eigenvalue weighted by Gasteiger charge is -2.11. The maximum Gasteiger partial charge on any atom is 0.225 e. The van der Waals surface area contributed by atoms with E-state index in [1.807, 2.05) is 17.9 Å². The molecule has 25 heavy (non-hydrogen) atoms. The van der Waals surface area contributed by atoms with E-state index in [1.165, 1.54) is 0 Å². The predicted octanol–water partition coefficient (Wildman–Crippen LogP) is 2.14. The third-order valence-electron chi connectivity index (χ3n) is 3.99. The molecule has 2 heterocycles. The van der Waals surface area contributed by atoms with Gasteiger partial charge in [0, 0.05) is 36.8 Å². The van der Waals surface area contributed by atoms with E-state index in [9.17, 15) is 0 Å². The number of nitrogens with zero attached hydrogens (tertiary/aromatic N) is 4. The fourth-order valence-electron chi connectivity index (χ4n) is 2.76. The van der Waals surface area contributed by atoms with E-state index in [-0.39, 0.29) is 0 Å². The molecule has 8 nitrogen and oxygen atoms in total. The van der Waals surface area contributed by atoms with Gasteiger partial charge in [-0.3, -0.25) is 4.68 Å². The second-order valence-corrected chi connectivity index (χ2v) is 5.64. The van der Waals surface area contributed by atoms with Crippen molar-refractivity contribution in [1.82, 2.24) is 19.7 Å². The topological polar surface area (TPSA) is 100 Å². The molecule has 0 aliphatic rings. The van der Waals surface area contributed by atoms with E-state index in [0.29, 0.717) is 35.3 Å². The first-order valence-electron chi connectivity index (χ1n) is 8.00. The summed E-state index contributed by atoms with van der Waals surface area (Å²) in [5.74, 6) is 2.03. The summed E-state index contributed by atoms with van der Waals surface area (Å²) in [4.78, 5) is 8.87. The maximum absolute atomic E-state index is 6.10. The molecule has 0 saturated heterocycles. The van der Waals surface area contributed by atoms with Crippen LogP contribution in [-0.4, -0.2) is 34.0 Å². The second-order valence-electron chi connectivity index (χ2n) is 5.64. The van der Waals surface area contributed by atoms with Crippen molar-refractivity contribution in [2.45, 2.75) is 19.9 Å². The number of nitrogen functional groups attached to an aromatic ring is 1. The van der Waals surface area contributed by atoms with Gasteiger partial charge in [0.1, 0.15) is 5.82 Å². The highest BCUT2D eigenvalue weighted by molar-refractivity contribution is 5.91. The molecule has 8 heteroatoms. The van der Waals surface area contributed by atoms with E-state index in [2.05, 4.69) is 27.3 Å². The molecular weight excluding hydrogens is 320 g/mol. The van der Waals surface area contributed by atoms with Crippen molar-refractivity contribution < 1.29 is 9.47 Å². The van der Waals surface area contributed by atoms with Gasteiger partial charge in [-0.2, -0.15) is 10.1 Å². The van der Waals surface area contributed by atoms with Crippen molar-refractivity contribution in [3.8, 4) is 11.5 Å². The standard InChI is InChI=1S/C17H22N6O2/c1-5-12-10(9-23(2)22-12)8-19-17-20-13-7-15(25-4)14(24-3)6-11(13)16(18)21-17/h6-7,9H,5,8H2,1-4H3,(H3,18,19,20,21). The van der Waals surface area contributed by atoms with Crippen LogP contribution in [0.5, 0.6) is 11.5 Å². The van der Waals surface area contributed by atoms with Crippen LogP contribution < -0.4 is 20.5 Å². The Hall–Kier alpha value is -3.03. The van der Waals surface area contributed by atoms with Gasteiger partial charge in [-0.15, -0.1) is 0 Å². The van der Waals surface area contributed by atoms with Gasteiger partial charge < -0.3 is 20.5 Å². The molecule has 132 valence electrons. The van der Waals surface area contributed by atoms with Crippen molar-refractivity contribution in [2.75, 3.05) is 25.3 Å². The predicted molar refractivity (Wildman–Crippen MR) is 97.0 cm³/mol. The highest BCUT2D eigenvalue weighted by Crippen LogP contribution is 2.33. The summed E-state index contributed by atoms with van der Waals surface area (Å²) in [5.41, 5.74) is 8.95. The monoisotopic (exact) mass is 342 g/mol. The van der Waals surface area contributed by atoms with Crippen molar-refractivity contribution in [2.24, 2.45) is 7.05 Å². The van der Waals surface area contributed by atoms with Crippen LogP contribution in [0.25, 0.3) is 10.9 Å². The first-order chi connectivity index (χ1) is 12.0. The highest BCUT2D eigenvalue weighted by atomic mass is 16.5. The number of hydrogen-bond acceptors (Lipinski definition) is 7. The van der Waals surface area contributed by atoms with Crippen molar-refractivity contribution in [3.63, 3.8) is 0 Å². The van der Waals surface area contributed by atoms with E-state index in [4.69, 9.17) is 15.2 Å². The molecule has 0 amide bonds. The Bertz CT molecular complexity index is 906. The summed E-state index contributed by atoms with van der Waals surface area (Å²) < 4.78 is 12.4. The van der Waals surface area contributed by atoms with Crippen LogP contribution in [0.1, 0.15) is 18.2 Å². The molecule has 2 aromatic heterocycles. The summed E-state index contributed by atoms with van der Waals surface area (Å²) in [6, 6.07) is 3.57. The zero-order chi connectivity index (χ0) is 18.0. The third-order valence-corrected chi connectivity index (χ3v) is 3.99. The number of rotatable bonds is 6. The number of methoxy groups -OCH3 is 2. The number of aromatic nitrogens is 4. The van der Waals surface area contributed by atoms with Crippen LogP contribution in [0.15, 0.2) is 18.3 Å². The largest absolute Gasteiger partial charge is 0.493 e. The van der Waals surface area contributed by atoms with Crippen molar-refractivity contribution in [3.05, 3.63) is 29.6 Å². The van der Waals surface area contributed by atoms with Crippen molar-refractivity contribution >= 4 is 22.7 Å². The second kappa shape index (κ2) is 6.84. The van der Waals surface area contributed by atoms with Crippen LogP contribution in [0.3, 0.4) is 0 Å². The van der Waals surface area contributed by atoms with Gasteiger partial charge in [-0.05, 0) is 12.5 Å². The number of aryl methyl sites for hydroxylation is 2. The number of nitrogens with two attached hydrogens (primary N) is 1. The van der Waals surface area contributed by atoms with Gasteiger partial charge >= 0.3 is 0 Å². The third kappa shape index (κ3) is 3.28. The van der Waals surface area contributed by atoms with Crippen LogP contribution in [-0.2, 0) is 20.0 Å². The molecule has 0 aliphatic carbocycles. The van der Waals surface area contributed by atoms with Gasteiger partial charge in [0.15, 0.2) is 11.5 Å². The Balaban J connectivity index is 1.92. The SMILES string of the molecule is CCc1nn(C)cc1CNc1nc(N)c2cc(OC)c(OC)cc2n1. The smallest absolute Gasteiger partial charge is 0.225 e. The van der Waals surface area contributed by atoms with E-state index in [1.54, 1.807) is 26.4 Å². The Morgan fingerprint density at radius 3 is 2.56 bits per heavy atom. The maximum atomic E-state index is 6.10. The average Bonchev–Trinajstić information content (AvgIpc) is 2.98. The van der Waals surface area contributed by atoms with E-state index in [0.717, 1.165) is 23.1 Å². The number of hydrogen-bond donors (Lipinski definition) is 2. The molecule has 3 rings (SSSR count). The van der Waals surface area contributed by atoms with E-state index >= 15 is 0 Å². The van der Waals surface area contributed by atoms with Gasteiger partial charge in [-0.25, -0.2) is 4.98 Å². The Morgan fingerprint density at radius 2 is 1.88 bits per heavy atom. The minimum Gasteiger partial charge on any atom is -0.493 e. The lowest BCUT2D eigenvalue weighted by molar-refractivity contribution is 0.356. The van der Waals surface area contributed by atoms with Crippen molar-refractivity contribution in [1.29, 1.82) is 0 Å². The van der Waals surface area contributed by atoms with E-state index < -0.39 is 0 Å². The average molecular weight is 342 g/mol. The fraction of sp³-hybridized carbons (Fsp3) is 0.353. The summed E-state index contributed by atoms with van der Waals surface area (Å²) in [5, 5.41) is 8.37. The summed E-state index contributed by atoms with van der Waals surface area (Å²) in [6.07, 6.45) is 2.86. The molecule has 0 radical (unpaired) electrons. The van der Waals surface area contributed by atoms with Crippen LogP contribution >= 0.6 is 0 Å². The van der Waals surface area contributed by atoms with Crippen LogP contribution in [0.4, 0.5) is 11.8 Å². The Kier molecular flexibility index (Phi) is 4.60. The molecule has 3 aromatic rings. The minimum atomic E-state index is 0.385. The molecule has 0 unspecified atom stereocenters. The van der Waals surface area contributed by atoms with Gasteiger partial charge in [0.25, 0.3) is 0 Å². The zero-order valence-electron chi connectivity index (χ0n) is 14.8. The summed E-state index contributed by atoms with van der Waals surface area (Å²) in [6.45, 7) is 2.66. The lowest BCUT2D eigenvalue weighted by atomic mass is 10.2. The number of nitrogens with one attached hydrogen (secondary N) is 1. The van der Waals surface area contributed by atoms with Gasteiger partial charge in [0.05, 0.1) is 25.4 Å². The normalized spacial score (nSPS) is 10.9. The fourth-order valence-corrected chi connectivity index (χ4v) is 2.76. The number of benzene rings is 1. The minimum absolute atomic E-state index is 0.385. The van der Waals surface area contributed by atoms with Crippen LogP contribution in [0.2, 0.25) is 0 Å². The molecule has 3 N–H and O–H groups in total. The molecular formula is C17H22N6O2. The molecule has 0 spiro atoms. The summed E-state index contributed by atoms with van der Waals surface area (Å²) in [7, 11) is 5.07. The highest BCUT2D eigenvalue weighted by Gasteiger charge is 2.12. The first-order valence-corrected chi connectivity index (χ1v) is 8.00.